The number of hydrogen-bond acceptors (Lipinski definition) is 6. The van der Waals surface area contributed by atoms with E-state index in [1.54, 1.807) is 0 Å². The number of alkyl halides is 3. The predicted molar refractivity (Wildman–Crippen MR) is 118 cm³/mol. The Morgan fingerprint density at radius 3 is 2.47 bits per heavy atom. The molecule has 2 aromatic carbocycles. The molecule has 2 aromatic rings. The van der Waals surface area contributed by atoms with Crippen molar-refractivity contribution in [3.8, 4) is 0 Å². The molecule has 0 saturated heterocycles. The van der Waals surface area contributed by atoms with Crippen LogP contribution in [0.25, 0.3) is 0 Å². The van der Waals surface area contributed by atoms with Gasteiger partial charge in [-0.3, -0.25) is 9.79 Å². The number of methoxy groups -OCH3 is 1. The van der Waals surface area contributed by atoms with Crippen LogP contribution < -0.4 is 11.1 Å². The number of nitrogens with one attached hydrogen (secondary N) is 1. The van der Waals surface area contributed by atoms with Gasteiger partial charge in [0, 0.05) is 18.4 Å². The molecule has 3 N–H and O–H groups in total. The molecule has 12 heteroatoms. The van der Waals surface area contributed by atoms with Crippen LogP contribution in [0.4, 0.5) is 23.2 Å². The number of anilines is 1. The first-order chi connectivity index (χ1) is 15.6. The minimum Gasteiger partial charge on any atom is -0.386 e. The fourth-order valence-electron chi connectivity index (χ4n) is 3.88. The van der Waals surface area contributed by atoms with Crippen LogP contribution >= 0.6 is 0 Å². The lowest BCUT2D eigenvalue weighted by Crippen LogP contribution is -2.54. The molecule has 0 aromatic heterocycles. The third kappa shape index (κ3) is 4.51. The van der Waals surface area contributed by atoms with Gasteiger partial charge in [0.1, 0.15) is 23.8 Å². The van der Waals surface area contributed by atoms with Gasteiger partial charge in [-0.1, -0.05) is 12.1 Å². The monoisotopic (exact) mass is 501 g/mol. The van der Waals surface area contributed by atoms with E-state index in [1.165, 1.54) is 39.2 Å². The molecule has 0 aliphatic carbocycles. The molecule has 0 bridgehead atoms. The van der Waals surface area contributed by atoms with Gasteiger partial charge in [0.25, 0.3) is 0 Å². The Bertz CT molecular complexity index is 1260. The molecule has 1 amide bonds. The Balaban J connectivity index is 2.12. The fraction of sp³-hybridized carbons (Fsp3) is 0.364. The molecule has 34 heavy (non-hydrogen) atoms. The summed E-state index contributed by atoms with van der Waals surface area (Å²) in [5.41, 5.74) is 3.17. The van der Waals surface area contributed by atoms with Crippen LogP contribution in [-0.2, 0) is 35.8 Å². The molecule has 184 valence electrons. The topological polar surface area (TPSA) is 111 Å². The SMILES string of the molecule is COCC(=O)Nc1ccc(F)c([C@]2(C)CS(=O)(=O)C(C)(c3cccc(C(F)(F)F)c3)C(N)=N2)c1. The summed E-state index contributed by atoms with van der Waals surface area (Å²) in [7, 11) is -2.98. The molecule has 0 spiro atoms. The summed E-state index contributed by atoms with van der Waals surface area (Å²) in [6.45, 7) is 2.27. The van der Waals surface area contributed by atoms with Crippen molar-refractivity contribution < 1.29 is 35.5 Å². The fourth-order valence-corrected chi connectivity index (χ4v) is 5.98. The van der Waals surface area contributed by atoms with E-state index in [-0.39, 0.29) is 23.4 Å². The van der Waals surface area contributed by atoms with Crippen molar-refractivity contribution in [1.82, 2.24) is 0 Å². The van der Waals surface area contributed by atoms with Gasteiger partial charge in [0.2, 0.25) is 5.91 Å². The third-order valence-corrected chi connectivity index (χ3v) is 8.43. The average Bonchev–Trinajstić information content (AvgIpc) is 2.72. The summed E-state index contributed by atoms with van der Waals surface area (Å²) in [5, 5.41) is 2.49. The van der Waals surface area contributed by atoms with Crippen LogP contribution in [0.3, 0.4) is 0 Å². The largest absolute Gasteiger partial charge is 0.416 e. The van der Waals surface area contributed by atoms with E-state index in [9.17, 15) is 30.8 Å². The van der Waals surface area contributed by atoms with Crippen LogP contribution in [-0.4, -0.2) is 39.6 Å². The maximum atomic E-state index is 14.8. The number of aliphatic imine (C=N–C) groups is 1. The van der Waals surface area contributed by atoms with Gasteiger partial charge in [-0.25, -0.2) is 12.8 Å². The van der Waals surface area contributed by atoms with Crippen LogP contribution in [0, 0.1) is 5.82 Å². The Morgan fingerprint density at radius 2 is 1.88 bits per heavy atom. The van der Waals surface area contributed by atoms with Crippen molar-refractivity contribution in [2.24, 2.45) is 10.7 Å². The van der Waals surface area contributed by atoms with Crippen LogP contribution in [0.15, 0.2) is 47.5 Å². The van der Waals surface area contributed by atoms with Gasteiger partial charge in [-0.2, -0.15) is 13.2 Å². The highest BCUT2D eigenvalue weighted by Gasteiger charge is 2.53. The molecule has 0 saturated carbocycles. The van der Waals surface area contributed by atoms with Gasteiger partial charge < -0.3 is 15.8 Å². The van der Waals surface area contributed by atoms with Gasteiger partial charge in [-0.05, 0) is 49.7 Å². The molecule has 1 aliphatic heterocycles. The Kier molecular flexibility index (Phi) is 6.53. The average molecular weight is 502 g/mol. The first kappa shape index (κ1) is 25.6. The van der Waals surface area contributed by atoms with Gasteiger partial charge in [-0.15, -0.1) is 0 Å². The van der Waals surface area contributed by atoms with E-state index >= 15 is 0 Å². The number of halogens is 4. The van der Waals surface area contributed by atoms with Gasteiger partial charge in [0.15, 0.2) is 14.6 Å². The van der Waals surface area contributed by atoms with Crippen LogP contribution in [0.1, 0.15) is 30.5 Å². The van der Waals surface area contributed by atoms with Gasteiger partial charge >= 0.3 is 6.18 Å². The van der Waals surface area contributed by atoms with E-state index in [4.69, 9.17) is 10.5 Å². The lowest BCUT2D eigenvalue weighted by molar-refractivity contribution is -0.137. The summed E-state index contributed by atoms with van der Waals surface area (Å²) in [4.78, 5) is 16.1. The van der Waals surface area contributed by atoms with Crippen molar-refractivity contribution >= 4 is 27.3 Å². The van der Waals surface area contributed by atoms with Crippen molar-refractivity contribution in [3.63, 3.8) is 0 Å². The number of benzene rings is 2. The zero-order valence-corrected chi connectivity index (χ0v) is 19.3. The quantitative estimate of drug-likeness (QED) is 0.611. The standard InChI is InChI=1S/C22H23F4N3O4S/c1-20(16-10-15(7-8-17(16)23)28-18(30)11-33-3)12-34(31,32)21(2,19(27)29-20)13-5-4-6-14(9-13)22(24,25)26/h4-10H,11-12H2,1-3H3,(H2,27,29)(H,28,30)/t20-,21?/m0/s1. The maximum absolute atomic E-state index is 14.8. The number of sulfone groups is 1. The Morgan fingerprint density at radius 1 is 1.21 bits per heavy atom. The molecule has 3 rings (SSSR count). The number of carbonyl (C=O) groups excluding carboxylic acids is 1. The second-order valence-corrected chi connectivity index (χ2v) is 10.7. The zero-order chi connectivity index (χ0) is 25.5. The highest BCUT2D eigenvalue weighted by Crippen LogP contribution is 2.44. The van der Waals surface area contributed by atoms with E-state index in [2.05, 4.69) is 10.3 Å². The molecular weight excluding hydrogens is 478 g/mol. The van der Waals surface area contributed by atoms with Crippen LogP contribution in [0.2, 0.25) is 0 Å². The molecule has 1 aliphatic rings. The highest BCUT2D eigenvalue weighted by molar-refractivity contribution is 7.93. The predicted octanol–water partition coefficient (Wildman–Crippen LogP) is 3.35. The normalized spacial score (nSPS) is 24.4. The maximum Gasteiger partial charge on any atom is 0.416 e. The second kappa shape index (κ2) is 8.66. The molecular formula is C22H23F4N3O4S. The van der Waals surface area contributed by atoms with Crippen molar-refractivity contribution in [2.45, 2.75) is 30.3 Å². The first-order valence-corrected chi connectivity index (χ1v) is 11.6. The summed E-state index contributed by atoms with van der Waals surface area (Å²) in [6, 6.07) is 7.42. The third-order valence-electron chi connectivity index (χ3n) is 5.80. The minimum atomic E-state index is -4.69. The lowest BCUT2D eigenvalue weighted by Gasteiger charge is -2.40. The van der Waals surface area contributed by atoms with Crippen molar-refractivity contribution in [1.29, 1.82) is 0 Å². The van der Waals surface area contributed by atoms with E-state index in [1.807, 2.05) is 0 Å². The summed E-state index contributed by atoms with van der Waals surface area (Å²) < 4.78 is 84.1. The number of amides is 1. The van der Waals surface area contributed by atoms with Crippen molar-refractivity contribution in [2.75, 3.05) is 24.8 Å². The minimum absolute atomic E-state index is 0.152. The lowest BCUT2D eigenvalue weighted by atomic mass is 9.91. The summed E-state index contributed by atoms with van der Waals surface area (Å²) in [6.07, 6.45) is -4.69. The Labute approximate surface area is 193 Å². The molecule has 2 atom stereocenters. The zero-order valence-electron chi connectivity index (χ0n) is 18.5. The number of nitrogens with zero attached hydrogens (tertiary/aromatic N) is 1. The molecule has 1 unspecified atom stereocenters. The number of nitrogens with two attached hydrogens (primary N) is 1. The first-order valence-electron chi connectivity index (χ1n) is 9.99. The molecule has 0 radical (unpaired) electrons. The molecule has 1 heterocycles. The second-order valence-electron chi connectivity index (χ2n) is 8.32. The smallest absolute Gasteiger partial charge is 0.386 e. The summed E-state index contributed by atoms with van der Waals surface area (Å²) >= 11 is 0. The van der Waals surface area contributed by atoms with E-state index in [0.717, 1.165) is 24.3 Å². The number of amidine groups is 1. The highest BCUT2D eigenvalue weighted by atomic mass is 32.2. The number of ether oxygens (including phenoxy) is 1. The van der Waals surface area contributed by atoms with Crippen LogP contribution in [0.5, 0.6) is 0 Å². The van der Waals surface area contributed by atoms with E-state index in [0.29, 0.717) is 0 Å². The number of rotatable bonds is 5. The van der Waals surface area contributed by atoms with Crippen molar-refractivity contribution in [3.05, 3.63) is 65.0 Å². The van der Waals surface area contributed by atoms with Gasteiger partial charge in [0.05, 0.1) is 11.3 Å². The number of carbonyl (C=O) groups is 1. The molecule has 0 fully saturated rings. The number of hydrogen-bond donors (Lipinski definition) is 2. The molecule has 7 nitrogen and oxygen atoms in total. The van der Waals surface area contributed by atoms with E-state index < -0.39 is 55.2 Å². The summed E-state index contributed by atoms with van der Waals surface area (Å²) in [5.74, 6) is -2.52. The Hall–Kier alpha value is -2.99.